The first-order chi connectivity index (χ1) is 11.7. The fourth-order valence-electron chi connectivity index (χ4n) is 4.17. The van der Waals surface area contributed by atoms with Crippen LogP contribution in [0.25, 0.3) is 21.2 Å². The van der Waals surface area contributed by atoms with Crippen LogP contribution in [0.4, 0.5) is 0 Å². The zero-order valence-electron chi connectivity index (χ0n) is 17.8. The van der Waals surface area contributed by atoms with Crippen molar-refractivity contribution in [3.05, 3.63) is 57.6 Å². The smallest absolute Gasteiger partial charge is 0.167 e. The molecule has 0 nitrogen and oxygen atoms in total. The van der Waals surface area contributed by atoms with Gasteiger partial charge in [-0.1, -0.05) is 63.1 Å². The number of aryl methyl sites for hydroxylation is 6. The van der Waals surface area contributed by atoms with E-state index < -0.39 is 0 Å². The third kappa shape index (κ3) is 3.82. The predicted octanol–water partition coefficient (Wildman–Crippen LogP) is 5.74. The minimum atomic E-state index is -0.199. The Morgan fingerprint density at radius 3 is 1.62 bits per heavy atom. The number of hydrogen-bond acceptors (Lipinski definition) is 0. The summed E-state index contributed by atoms with van der Waals surface area (Å²) in [6.07, 6.45) is 0. The Kier molecular flexibility index (Phi) is 6.81. The van der Waals surface area contributed by atoms with Gasteiger partial charge in [0.15, 0.2) is 0 Å². The van der Waals surface area contributed by atoms with Gasteiger partial charge in [-0.2, -0.15) is 7.53 Å². The summed E-state index contributed by atoms with van der Waals surface area (Å²) in [5.41, 5.74) is 12.3. The van der Waals surface area contributed by atoms with Gasteiger partial charge < -0.3 is 0 Å². The molecule has 3 aromatic rings. The average Bonchev–Trinajstić information content (AvgIpc) is 2.41. The zero-order valence-corrected chi connectivity index (χ0v) is 19.6. The molecule has 3 heteroatoms. The minimum Gasteiger partial charge on any atom is -0.167 e. The van der Waals surface area contributed by atoms with Gasteiger partial charge >= 0.3 is 18.9 Å². The summed E-state index contributed by atoms with van der Waals surface area (Å²) in [4.78, 5) is 0. The Morgan fingerprint density at radius 1 is 0.769 bits per heavy atom. The standard InChI is InChI=1S/C23H29P2.Li/c1-13(2)25-22(20-16(5)9-14(3)10-17(20)6)24-23(25)21-18(7)11-15(4)12-19(21)8;/h9-13H,1-8H3;/q-1;+1. The first-order valence-corrected chi connectivity index (χ1v) is 11.4. The third-order valence-electron chi connectivity index (χ3n) is 4.99. The van der Waals surface area contributed by atoms with Crippen molar-refractivity contribution >= 4 is 15.7 Å². The van der Waals surface area contributed by atoms with E-state index in [1.165, 1.54) is 41.6 Å². The first kappa shape index (κ1) is 21.7. The molecule has 0 atom stereocenters. The van der Waals surface area contributed by atoms with E-state index in [4.69, 9.17) is 0 Å². The van der Waals surface area contributed by atoms with Crippen LogP contribution >= 0.6 is 15.7 Å². The van der Waals surface area contributed by atoms with E-state index in [2.05, 4.69) is 79.7 Å². The molecule has 0 N–H and O–H groups in total. The van der Waals surface area contributed by atoms with Gasteiger partial charge in [-0.15, -0.1) is 24.9 Å². The molecule has 0 fully saturated rings. The molecule has 26 heavy (non-hydrogen) atoms. The molecule has 0 aliphatic heterocycles. The molecular formula is C23H29LiP2. The Hall–Kier alpha value is -0.623. The minimum absolute atomic E-state index is 0. The van der Waals surface area contributed by atoms with Gasteiger partial charge in [0.1, 0.15) is 0 Å². The Bertz CT molecular complexity index is 825. The van der Waals surface area contributed by atoms with Crippen molar-refractivity contribution < 1.29 is 18.9 Å². The van der Waals surface area contributed by atoms with Gasteiger partial charge in [-0.3, -0.25) is 0 Å². The summed E-state index contributed by atoms with van der Waals surface area (Å²) in [5, 5.41) is 3.38. The van der Waals surface area contributed by atoms with E-state index in [0.29, 0.717) is 5.66 Å². The molecular weight excluding hydrogens is 345 g/mol. The first-order valence-electron chi connectivity index (χ1n) is 9.12. The summed E-state index contributed by atoms with van der Waals surface area (Å²) in [6, 6.07) is 9.39. The van der Waals surface area contributed by atoms with E-state index >= 15 is 0 Å². The quantitative estimate of drug-likeness (QED) is 0.405. The molecule has 132 valence electrons. The second-order valence-electron chi connectivity index (χ2n) is 7.77. The van der Waals surface area contributed by atoms with Crippen molar-refractivity contribution in [2.24, 2.45) is 0 Å². The Balaban J connectivity index is 0.00000243. The van der Waals surface area contributed by atoms with Crippen LogP contribution in [-0.2, 0) is 0 Å². The molecule has 1 heterocycles. The number of rotatable bonds is 3. The van der Waals surface area contributed by atoms with Gasteiger partial charge in [0.05, 0.1) is 0 Å². The van der Waals surface area contributed by atoms with Crippen LogP contribution in [0.15, 0.2) is 24.3 Å². The topological polar surface area (TPSA) is 0 Å². The van der Waals surface area contributed by atoms with Crippen LogP contribution in [0.1, 0.15) is 52.9 Å². The summed E-state index contributed by atoms with van der Waals surface area (Å²) in [7, 11) is 1.26. The molecule has 3 rings (SSSR count). The van der Waals surface area contributed by atoms with Crippen molar-refractivity contribution in [2.75, 3.05) is 0 Å². The summed E-state index contributed by atoms with van der Waals surface area (Å²) in [6.45, 7) is 18.3. The van der Waals surface area contributed by atoms with Crippen LogP contribution in [0.3, 0.4) is 0 Å². The van der Waals surface area contributed by atoms with E-state index in [9.17, 15) is 0 Å². The van der Waals surface area contributed by atoms with Crippen molar-refractivity contribution in [3.8, 4) is 21.2 Å². The second kappa shape index (κ2) is 8.17. The Labute approximate surface area is 174 Å². The fraction of sp³-hybridized carbons (Fsp3) is 0.391. The van der Waals surface area contributed by atoms with E-state index in [1.54, 1.807) is 21.2 Å². The maximum absolute atomic E-state index is 2.40. The van der Waals surface area contributed by atoms with Crippen molar-refractivity contribution in [1.29, 1.82) is 0 Å². The zero-order chi connectivity index (χ0) is 18.5. The molecule has 2 aromatic carbocycles. The van der Waals surface area contributed by atoms with Gasteiger partial charge in [-0.05, 0) is 60.1 Å². The number of benzene rings is 2. The van der Waals surface area contributed by atoms with E-state index in [1.807, 2.05) is 0 Å². The van der Waals surface area contributed by atoms with E-state index in [0.717, 1.165) is 0 Å². The molecule has 0 unspecified atom stereocenters. The van der Waals surface area contributed by atoms with Gasteiger partial charge in [-0.25, -0.2) is 0 Å². The monoisotopic (exact) mass is 374 g/mol. The van der Waals surface area contributed by atoms with Crippen LogP contribution < -0.4 is 18.9 Å². The average molecular weight is 374 g/mol. The molecule has 0 aliphatic carbocycles. The van der Waals surface area contributed by atoms with Gasteiger partial charge in [0.25, 0.3) is 0 Å². The molecule has 0 saturated carbocycles. The SMILES string of the molecule is Cc1cc(C)c(-c2p[c-](-c3c(C)cc(C)cc3C)p2C(C)C)c(C)c1.[Li+]. The number of hydrogen-bond donors (Lipinski definition) is 0. The van der Waals surface area contributed by atoms with Crippen LogP contribution in [0.5, 0.6) is 0 Å². The summed E-state index contributed by atoms with van der Waals surface area (Å²) < 4.78 is 0. The van der Waals surface area contributed by atoms with Gasteiger partial charge in [0, 0.05) is 0 Å². The molecule has 0 amide bonds. The largest absolute Gasteiger partial charge is 1.00 e. The van der Waals surface area contributed by atoms with Crippen molar-refractivity contribution in [2.45, 2.75) is 61.0 Å². The molecule has 0 bridgehead atoms. The molecule has 1 aromatic heterocycles. The fourth-order valence-corrected chi connectivity index (χ4v) is 10.4. The molecule has 0 aliphatic rings. The van der Waals surface area contributed by atoms with Crippen LogP contribution in [0, 0.1) is 41.5 Å². The summed E-state index contributed by atoms with van der Waals surface area (Å²) >= 11 is 0. The Morgan fingerprint density at radius 2 is 1.19 bits per heavy atom. The van der Waals surface area contributed by atoms with Crippen molar-refractivity contribution in [1.82, 2.24) is 0 Å². The molecule has 0 radical (unpaired) electrons. The van der Waals surface area contributed by atoms with E-state index in [-0.39, 0.29) is 26.4 Å². The maximum atomic E-state index is 2.40. The van der Waals surface area contributed by atoms with Crippen LogP contribution in [0.2, 0.25) is 0 Å². The third-order valence-corrected chi connectivity index (χ3v) is 10.1. The molecule has 0 saturated heterocycles. The van der Waals surface area contributed by atoms with Crippen LogP contribution in [-0.4, -0.2) is 0 Å². The predicted molar refractivity (Wildman–Crippen MR) is 117 cm³/mol. The van der Waals surface area contributed by atoms with Gasteiger partial charge in [0.2, 0.25) is 0 Å². The molecule has 0 spiro atoms. The second-order valence-corrected chi connectivity index (χ2v) is 12.3. The maximum Gasteiger partial charge on any atom is 1.00 e. The normalized spacial score (nSPS) is 12.1. The van der Waals surface area contributed by atoms with Crippen molar-refractivity contribution in [3.63, 3.8) is 0 Å². The summed E-state index contributed by atoms with van der Waals surface area (Å²) in [5.74, 6) is 0.